The molecule has 2 aliphatic heterocycles. The molecule has 0 unspecified atom stereocenters. The van der Waals surface area contributed by atoms with Gasteiger partial charge in [0.1, 0.15) is 0 Å². The largest absolute Gasteiger partial charge is 0.311 e. The number of fused-ring (bicyclic) bond motifs is 8. The Labute approximate surface area is 208 Å². The molecule has 0 bridgehead atoms. The zero-order valence-corrected chi connectivity index (χ0v) is 21.1. The predicted molar refractivity (Wildman–Crippen MR) is 150 cm³/mol. The molecule has 0 saturated carbocycles. The summed E-state index contributed by atoms with van der Waals surface area (Å²) < 4.78 is 0. The minimum Gasteiger partial charge on any atom is -0.311 e. The molecule has 7 rings (SSSR count). The molecule has 2 heteroatoms. The summed E-state index contributed by atoms with van der Waals surface area (Å²) in [5.41, 5.74) is 6.67. The van der Waals surface area contributed by atoms with E-state index in [-0.39, 0.29) is 5.41 Å². The summed E-state index contributed by atoms with van der Waals surface area (Å²) >= 11 is 0. The summed E-state index contributed by atoms with van der Waals surface area (Å²) in [7, 11) is -2.56. The summed E-state index contributed by atoms with van der Waals surface area (Å²) in [5, 5.41) is 5.99. The summed E-state index contributed by atoms with van der Waals surface area (Å²) in [6.07, 6.45) is 0. The molecular weight excluding hydrogens is 438 g/mol. The normalized spacial score (nSPS) is 16.1. The average Bonchev–Trinajstić information content (AvgIpc) is 2.92. The molecule has 168 valence electrons. The van der Waals surface area contributed by atoms with E-state index in [1.807, 2.05) is 0 Å². The van der Waals surface area contributed by atoms with Crippen LogP contribution < -0.4 is 25.6 Å². The van der Waals surface area contributed by atoms with Crippen LogP contribution in [0.15, 0.2) is 127 Å². The molecule has 0 N–H and O–H groups in total. The van der Waals surface area contributed by atoms with Gasteiger partial charge in [-0.1, -0.05) is 117 Å². The highest BCUT2D eigenvalue weighted by Crippen LogP contribution is 2.42. The molecule has 5 aromatic rings. The van der Waals surface area contributed by atoms with Gasteiger partial charge in [-0.25, -0.2) is 0 Å². The molecule has 0 fully saturated rings. The van der Waals surface area contributed by atoms with Gasteiger partial charge in [0, 0.05) is 22.5 Å². The van der Waals surface area contributed by atoms with Gasteiger partial charge in [0.2, 0.25) is 0 Å². The zero-order chi connectivity index (χ0) is 23.6. The molecule has 1 nitrogen and oxygen atoms in total. The van der Waals surface area contributed by atoms with Crippen molar-refractivity contribution in [3.8, 4) is 0 Å². The third kappa shape index (κ3) is 2.58. The zero-order valence-electron chi connectivity index (χ0n) is 20.1. The van der Waals surface area contributed by atoms with E-state index in [0.717, 1.165) is 0 Å². The van der Waals surface area contributed by atoms with Crippen molar-refractivity contribution in [3.63, 3.8) is 0 Å². The van der Waals surface area contributed by atoms with Crippen molar-refractivity contribution in [2.75, 3.05) is 4.90 Å². The fraction of sp³-hybridized carbons (Fsp3) is 0.0909. The molecule has 0 radical (unpaired) electrons. The van der Waals surface area contributed by atoms with Crippen LogP contribution in [0.2, 0.25) is 0 Å². The number of anilines is 3. The molecule has 2 aliphatic rings. The van der Waals surface area contributed by atoms with Crippen LogP contribution in [0.3, 0.4) is 0 Å². The maximum absolute atomic E-state index is 2.56. The second kappa shape index (κ2) is 7.31. The topological polar surface area (TPSA) is 3.24 Å². The first kappa shape index (κ1) is 20.5. The van der Waals surface area contributed by atoms with Crippen LogP contribution in [-0.4, -0.2) is 8.07 Å². The van der Waals surface area contributed by atoms with Crippen molar-refractivity contribution in [2.45, 2.75) is 19.3 Å². The van der Waals surface area contributed by atoms with Crippen molar-refractivity contribution in [2.24, 2.45) is 0 Å². The first-order chi connectivity index (χ1) is 17.1. The van der Waals surface area contributed by atoms with Crippen LogP contribution in [-0.2, 0) is 5.41 Å². The first-order valence-electron chi connectivity index (χ1n) is 12.4. The van der Waals surface area contributed by atoms with E-state index >= 15 is 0 Å². The van der Waals surface area contributed by atoms with Gasteiger partial charge in [-0.15, -0.1) is 0 Å². The highest BCUT2D eigenvalue weighted by Gasteiger charge is 2.54. The van der Waals surface area contributed by atoms with Crippen LogP contribution in [0.1, 0.15) is 25.0 Å². The van der Waals surface area contributed by atoms with E-state index < -0.39 is 8.07 Å². The molecule has 2 heterocycles. The fourth-order valence-electron chi connectivity index (χ4n) is 6.68. The molecule has 0 aliphatic carbocycles. The van der Waals surface area contributed by atoms with E-state index in [4.69, 9.17) is 0 Å². The summed E-state index contributed by atoms with van der Waals surface area (Å²) in [6.45, 7) is 4.78. The third-order valence-electron chi connectivity index (χ3n) is 8.12. The Bertz CT molecular complexity index is 1490. The minimum atomic E-state index is -2.56. The smallest absolute Gasteiger partial charge is 0.184 e. The van der Waals surface area contributed by atoms with Crippen molar-refractivity contribution in [1.82, 2.24) is 0 Å². The lowest BCUT2D eigenvalue weighted by Crippen LogP contribution is -2.80. The molecular formula is C33H27NSi. The van der Waals surface area contributed by atoms with E-state index in [1.165, 1.54) is 48.9 Å². The number of rotatable bonds is 1. The fourth-order valence-corrected chi connectivity index (χ4v) is 12.6. The van der Waals surface area contributed by atoms with Gasteiger partial charge in [0.05, 0.1) is 0 Å². The number of benzene rings is 5. The van der Waals surface area contributed by atoms with Gasteiger partial charge in [0.15, 0.2) is 8.07 Å². The van der Waals surface area contributed by atoms with Crippen molar-refractivity contribution in [1.29, 1.82) is 0 Å². The van der Waals surface area contributed by atoms with Gasteiger partial charge in [-0.3, -0.25) is 0 Å². The molecule has 5 aromatic carbocycles. The molecule has 1 spiro atoms. The Morgan fingerprint density at radius 2 is 0.857 bits per heavy atom. The maximum Gasteiger partial charge on any atom is 0.184 e. The van der Waals surface area contributed by atoms with Gasteiger partial charge in [-0.2, -0.15) is 0 Å². The molecule has 0 saturated heterocycles. The number of para-hydroxylation sites is 3. The SMILES string of the molecule is CC1(C)c2ccccc2[Si]2(c3ccccc3N(c3ccccc3)c3ccccc32)c2ccccc21. The Morgan fingerprint density at radius 1 is 0.457 bits per heavy atom. The van der Waals surface area contributed by atoms with Crippen molar-refractivity contribution in [3.05, 3.63) is 139 Å². The van der Waals surface area contributed by atoms with Gasteiger partial charge in [0.25, 0.3) is 0 Å². The lowest BCUT2D eigenvalue weighted by molar-refractivity contribution is 0.645. The summed E-state index contributed by atoms with van der Waals surface area (Å²) in [6, 6.07) is 47.6. The molecule has 35 heavy (non-hydrogen) atoms. The van der Waals surface area contributed by atoms with E-state index in [0.29, 0.717) is 0 Å². The monoisotopic (exact) mass is 465 g/mol. The van der Waals surface area contributed by atoms with Crippen molar-refractivity contribution >= 4 is 45.9 Å². The predicted octanol–water partition coefficient (Wildman–Crippen LogP) is 5.49. The van der Waals surface area contributed by atoms with Crippen LogP contribution in [0, 0.1) is 0 Å². The highest BCUT2D eigenvalue weighted by atomic mass is 28.3. The molecule has 0 amide bonds. The lowest BCUT2D eigenvalue weighted by Gasteiger charge is -2.51. The Kier molecular flexibility index (Phi) is 4.28. The minimum absolute atomic E-state index is 0.0497. The summed E-state index contributed by atoms with van der Waals surface area (Å²) in [4.78, 5) is 2.47. The Hall–Kier alpha value is -3.88. The van der Waals surface area contributed by atoms with E-state index in [2.05, 4.69) is 146 Å². The Balaban J connectivity index is 1.69. The summed E-state index contributed by atoms with van der Waals surface area (Å²) in [5.74, 6) is 0. The van der Waals surface area contributed by atoms with Gasteiger partial charge >= 0.3 is 0 Å². The Morgan fingerprint density at radius 3 is 1.37 bits per heavy atom. The lowest BCUT2D eigenvalue weighted by atomic mass is 9.77. The quantitative estimate of drug-likeness (QED) is 0.290. The number of hydrogen-bond donors (Lipinski definition) is 0. The highest BCUT2D eigenvalue weighted by molar-refractivity contribution is 7.22. The average molecular weight is 466 g/mol. The van der Waals surface area contributed by atoms with E-state index in [1.54, 1.807) is 0 Å². The first-order valence-corrected chi connectivity index (χ1v) is 14.4. The number of hydrogen-bond acceptors (Lipinski definition) is 1. The molecule has 0 aromatic heterocycles. The third-order valence-corrected chi connectivity index (χ3v) is 13.1. The van der Waals surface area contributed by atoms with Gasteiger partial charge in [-0.05, 0) is 56.1 Å². The van der Waals surface area contributed by atoms with Crippen LogP contribution in [0.25, 0.3) is 0 Å². The van der Waals surface area contributed by atoms with E-state index in [9.17, 15) is 0 Å². The maximum atomic E-state index is 2.47. The van der Waals surface area contributed by atoms with Crippen LogP contribution >= 0.6 is 0 Å². The van der Waals surface area contributed by atoms with Crippen LogP contribution in [0.4, 0.5) is 17.1 Å². The number of nitrogens with zero attached hydrogens (tertiary/aromatic N) is 1. The van der Waals surface area contributed by atoms with Gasteiger partial charge < -0.3 is 4.90 Å². The van der Waals surface area contributed by atoms with Crippen LogP contribution in [0.5, 0.6) is 0 Å². The standard InChI is InChI=1S/C33H27NSi/c1-33(2)25-16-6-10-20-29(25)35(30-21-11-7-17-26(30)33)31-22-12-8-18-27(31)34(24-14-4-3-5-15-24)28-19-9-13-23-32(28)35/h3-23H,1-2H3. The second-order valence-electron chi connectivity index (χ2n) is 10.2. The van der Waals surface area contributed by atoms with Crippen molar-refractivity contribution < 1.29 is 0 Å². The molecule has 0 atom stereocenters. The second-order valence-corrected chi connectivity index (χ2v) is 13.8.